The molecule has 0 saturated carbocycles. The summed E-state index contributed by atoms with van der Waals surface area (Å²) < 4.78 is 0. The van der Waals surface area contributed by atoms with Gasteiger partial charge in [0.2, 0.25) is 5.91 Å². The molecule has 0 bridgehead atoms. The fourth-order valence-corrected chi connectivity index (χ4v) is 3.28. The summed E-state index contributed by atoms with van der Waals surface area (Å²) in [4.78, 5) is 24.3. The lowest BCUT2D eigenvalue weighted by atomic mass is 10.0. The number of ketones is 1. The highest BCUT2D eigenvalue weighted by atomic mass is 16.2. The molecule has 0 unspecified atom stereocenters. The molecule has 1 amide bonds. The maximum atomic E-state index is 11.5. The zero-order chi connectivity index (χ0) is 22.9. The topological polar surface area (TPSA) is 37.4 Å². The smallest absolute Gasteiger partial charge is 0.219 e. The van der Waals surface area contributed by atoms with E-state index in [9.17, 15) is 9.59 Å². The van der Waals surface area contributed by atoms with Crippen molar-refractivity contribution in [1.29, 1.82) is 0 Å². The number of rotatable bonds is 15. The molecule has 0 rings (SSSR count). The van der Waals surface area contributed by atoms with Crippen molar-refractivity contribution in [2.75, 3.05) is 13.1 Å². The zero-order valence-corrected chi connectivity index (χ0v) is 20.6. The summed E-state index contributed by atoms with van der Waals surface area (Å²) in [5, 5.41) is 0. The molecule has 0 atom stereocenters. The highest BCUT2D eigenvalue weighted by Gasteiger charge is 2.05. The molecule has 3 heteroatoms. The van der Waals surface area contributed by atoms with Gasteiger partial charge in [-0.1, -0.05) is 46.6 Å². The molecule has 3 nitrogen and oxygen atoms in total. The van der Waals surface area contributed by atoms with Crippen molar-refractivity contribution < 1.29 is 9.59 Å². The van der Waals surface area contributed by atoms with E-state index in [1.807, 2.05) is 11.8 Å². The number of hydrogen-bond donors (Lipinski definition) is 0. The SMILES string of the molecule is CCN(C/C(C)=C/CC/C(C)=C/CC/C(C)=C/CC/C(C)=C/CCC(C)=O)C(C)=O. The Hall–Kier alpha value is -1.90. The lowest BCUT2D eigenvalue weighted by Crippen LogP contribution is -2.29. The molecule has 0 aliphatic rings. The molecule has 0 radical (unpaired) electrons. The Kier molecular flexibility index (Phi) is 15.8. The lowest BCUT2D eigenvalue weighted by molar-refractivity contribution is -0.128. The number of carbonyl (C=O) groups excluding carboxylic acids is 2. The largest absolute Gasteiger partial charge is 0.339 e. The van der Waals surface area contributed by atoms with Gasteiger partial charge in [0.05, 0.1) is 0 Å². The van der Waals surface area contributed by atoms with Gasteiger partial charge >= 0.3 is 0 Å². The third kappa shape index (κ3) is 16.0. The number of carbonyl (C=O) groups is 2. The van der Waals surface area contributed by atoms with Crippen LogP contribution in [0.1, 0.15) is 99.8 Å². The van der Waals surface area contributed by atoms with Crippen molar-refractivity contribution in [2.24, 2.45) is 0 Å². The summed E-state index contributed by atoms with van der Waals surface area (Å²) in [6.07, 6.45) is 17.2. The van der Waals surface area contributed by atoms with E-state index in [1.54, 1.807) is 13.8 Å². The summed E-state index contributed by atoms with van der Waals surface area (Å²) in [6, 6.07) is 0. The van der Waals surface area contributed by atoms with Crippen LogP contribution in [0, 0.1) is 0 Å². The van der Waals surface area contributed by atoms with Gasteiger partial charge in [-0.25, -0.2) is 0 Å². The minimum absolute atomic E-state index is 0.143. The van der Waals surface area contributed by atoms with Crippen molar-refractivity contribution in [1.82, 2.24) is 4.90 Å². The van der Waals surface area contributed by atoms with E-state index in [2.05, 4.69) is 52.0 Å². The van der Waals surface area contributed by atoms with Gasteiger partial charge in [-0.15, -0.1) is 0 Å². The predicted molar refractivity (Wildman–Crippen MR) is 131 cm³/mol. The van der Waals surface area contributed by atoms with Crippen molar-refractivity contribution in [2.45, 2.75) is 99.8 Å². The molecule has 0 aliphatic heterocycles. The van der Waals surface area contributed by atoms with Crippen LogP contribution in [0.2, 0.25) is 0 Å². The first kappa shape index (κ1) is 28.1. The van der Waals surface area contributed by atoms with E-state index in [1.165, 1.54) is 22.3 Å². The normalized spacial score (nSPS) is 13.6. The fraction of sp³-hybridized carbons (Fsp3) is 0.630. The second-order valence-corrected chi connectivity index (χ2v) is 8.59. The molecule has 30 heavy (non-hydrogen) atoms. The molecule has 0 aromatic heterocycles. The van der Waals surface area contributed by atoms with E-state index in [-0.39, 0.29) is 11.7 Å². The second kappa shape index (κ2) is 16.8. The van der Waals surface area contributed by atoms with Crippen LogP contribution in [0.25, 0.3) is 0 Å². The Morgan fingerprint density at radius 2 is 0.967 bits per heavy atom. The van der Waals surface area contributed by atoms with Gasteiger partial charge in [-0.3, -0.25) is 4.79 Å². The molecule has 0 aliphatic carbocycles. The average molecular weight is 416 g/mol. The van der Waals surface area contributed by atoms with Gasteiger partial charge in [0.25, 0.3) is 0 Å². The summed E-state index contributed by atoms with van der Waals surface area (Å²) in [5.74, 6) is 0.407. The van der Waals surface area contributed by atoms with Crippen molar-refractivity contribution in [3.05, 3.63) is 46.6 Å². The standard InChI is InChI=1S/C27H45NO2/c1-8-28(27(7)30)21-25(5)19-11-17-23(3)15-9-13-22(2)14-10-16-24(4)18-12-20-26(6)29/h14-15,18-19H,8-13,16-17,20-21H2,1-7H3/b22-14+,23-15+,24-18+,25-19+. The number of likely N-dealkylation sites (N-methyl/N-ethyl adjacent to an activating group) is 1. The Morgan fingerprint density at radius 3 is 1.30 bits per heavy atom. The quantitative estimate of drug-likeness (QED) is 0.262. The van der Waals surface area contributed by atoms with Crippen LogP contribution >= 0.6 is 0 Å². The number of amides is 1. The molecule has 0 saturated heterocycles. The summed E-state index contributed by atoms with van der Waals surface area (Å²) >= 11 is 0. The monoisotopic (exact) mass is 415 g/mol. The van der Waals surface area contributed by atoms with Crippen LogP contribution in [0.4, 0.5) is 0 Å². The van der Waals surface area contributed by atoms with E-state index < -0.39 is 0 Å². The molecule has 170 valence electrons. The lowest BCUT2D eigenvalue weighted by Gasteiger charge is -2.19. The first-order valence-corrected chi connectivity index (χ1v) is 11.5. The Balaban J connectivity index is 4.17. The number of Topliss-reactive ketones (excluding diaryl/α,β-unsaturated/α-hetero) is 1. The van der Waals surface area contributed by atoms with Crippen LogP contribution < -0.4 is 0 Å². The molecular weight excluding hydrogens is 370 g/mol. The maximum absolute atomic E-state index is 11.5. The van der Waals surface area contributed by atoms with Gasteiger partial charge in [0.15, 0.2) is 0 Å². The van der Waals surface area contributed by atoms with Crippen molar-refractivity contribution >= 4 is 11.7 Å². The minimum Gasteiger partial charge on any atom is -0.339 e. The van der Waals surface area contributed by atoms with E-state index >= 15 is 0 Å². The Morgan fingerprint density at radius 1 is 0.600 bits per heavy atom. The van der Waals surface area contributed by atoms with Crippen LogP contribution in [0.15, 0.2) is 46.6 Å². The van der Waals surface area contributed by atoms with E-state index in [0.29, 0.717) is 6.42 Å². The first-order chi connectivity index (χ1) is 14.1. The van der Waals surface area contributed by atoms with Gasteiger partial charge in [0, 0.05) is 26.4 Å². The summed E-state index contributed by atoms with van der Waals surface area (Å²) in [5.41, 5.74) is 5.54. The highest BCUT2D eigenvalue weighted by Crippen LogP contribution is 2.14. The second-order valence-electron chi connectivity index (χ2n) is 8.59. The Labute approximate surface area is 186 Å². The van der Waals surface area contributed by atoms with Crippen LogP contribution in [-0.4, -0.2) is 29.7 Å². The number of nitrogens with zero attached hydrogens (tertiary/aromatic N) is 1. The van der Waals surface area contributed by atoms with Crippen molar-refractivity contribution in [3.63, 3.8) is 0 Å². The van der Waals surface area contributed by atoms with Gasteiger partial charge in [-0.2, -0.15) is 0 Å². The van der Waals surface area contributed by atoms with E-state index in [0.717, 1.165) is 58.0 Å². The van der Waals surface area contributed by atoms with Gasteiger partial charge in [0.1, 0.15) is 5.78 Å². The Bertz CT molecular complexity index is 650. The van der Waals surface area contributed by atoms with Crippen LogP contribution in [-0.2, 0) is 9.59 Å². The third-order valence-electron chi connectivity index (χ3n) is 5.35. The summed E-state index contributed by atoms with van der Waals surface area (Å²) in [6.45, 7) is 15.5. The average Bonchev–Trinajstić information content (AvgIpc) is 2.65. The predicted octanol–water partition coefficient (Wildman–Crippen LogP) is 7.35. The van der Waals surface area contributed by atoms with Crippen LogP contribution in [0.5, 0.6) is 0 Å². The third-order valence-corrected chi connectivity index (χ3v) is 5.35. The summed E-state index contributed by atoms with van der Waals surface area (Å²) in [7, 11) is 0. The first-order valence-electron chi connectivity index (χ1n) is 11.5. The van der Waals surface area contributed by atoms with Crippen LogP contribution in [0.3, 0.4) is 0 Å². The fourth-order valence-electron chi connectivity index (χ4n) is 3.28. The number of hydrogen-bond acceptors (Lipinski definition) is 2. The van der Waals surface area contributed by atoms with Gasteiger partial charge < -0.3 is 9.69 Å². The van der Waals surface area contributed by atoms with E-state index in [4.69, 9.17) is 0 Å². The molecule has 0 spiro atoms. The molecule has 0 aromatic carbocycles. The molecule has 0 N–H and O–H groups in total. The minimum atomic E-state index is 0.143. The number of allylic oxidation sites excluding steroid dienone is 7. The molecule has 0 aromatic rings. The zero-order valence-electron chi connectivity index (χ0n) is 20.6. The van der Waals surface area contributed by atoms with Crippen molar-refractivity contribution in [3.8, 4) is 0 Å². The molecule has 0 heterocycles. The highest BCUT2D eigenvalue weighted by molar-refractivity contribution is 5.75. The maximum Gasteiger partial charge on any atom is 0.219 e. The van der Waals surface area contributed by atoms with Gasteiger partial charge in [-0.05, 0) is 86.5 Å². The molecular formula is C27H45NO2. The molecule has 0 fully saturated rings.